The molecule has 1 aromatic rings. The lowest BCUT2D eigenvalue weighted by molar-refractivity contribution is 1.24. The average Bonchev–Trinajstić information content (AvgIpc) is 2.05. The first-order valence-corrected chi connectivity index (χ1v) is 4.12. The van der Waals surface area contributed by atoms with Gasteiger partial charge in [0.1, 0.15) is 0 Å². The summed E-state index contributed by atoms with van der Waals surface area (Å²) < 4.78 is 0.895. The van der Waals surface area contributed by atoms with Crippen molar-refractivity contribution in [2.24, 2.45) is 0 Å². The molecule has 0 bridgehead atoms. The Hall–Kier alpha value is -1.32. The molecule has 2 nitrogen and oxygen atoms in total. The number of rotatable bonds is 1. The van der Waals surface area contributed by atoms with Gasteiger partial charge in [-0.3, -0.25) is 0 Å². The van der Waals surface area contributed by atoms with Crippen molar-refractivity contribution in [2.45, 2.75) is 6.42 Å². The third kappa shape index (κ3) is 1.84. The summed E-state index contributed by atoms with van der Waals surface area (Å²) in [6.07, 6.45) is 0.280. The molecule has 0 aliphatic heterocycles. The zero-order valence-corrected chi connectivity index (χ0v) is 7.80. The molecule has 0 aliphatic rings. The molecule has 0 saturated heterocycles. The van der Waals surface area contributed by atoms with Crippen LogP contribution in [0.5, 0.6) is 0 Å². The summed E-state index contributed by atoms with van der Waals surface area (Å²) in [5.74, 6) is 0. The second-order valence-electron chi connectivity index (χ2n) is 2.25. The van der Waals surface area contributed by atoms with Crippen molar-refractivity contribution in [3.8, 4) is 12.1 Å². The lowest BCUT2D eigenvalue weighted by Crippen LogP contribution is -1.87. The Balaban J connectivity index is 3.16. The van der Waals surface area contributed by atoms with Gasteiger partial charge in [0.05, 0.1) is 24.1 Å². The third-order valence-corrected chi connectivity index (χ3v) is 1.95. The normalized spacial score (nSPS) is 8.58. The van der Waals surface area contributed by atoms with Crippen molar-refractivity contribution in [1.82, 2.24) is 0 Å². The molecule has 0 amide bonds. The van der Waals surface area contributed by atoms with E-state index in [4.69, 9.17) is 10.5 Å². The Kier molecular flexibility index (Phi) is 2.85. The van der Waals surface area contributed by atoms with Gasteiger partial charge in [-0.15, -0.1) is 0 Å². The fraction of sp³-hybridized carbons (Fsp3) is 0.111. The van der Waals surface area contributed by atoms with E-state index in [0.29, 0.717) is 5.56 Å². The van der Waals surface area contributed by atoms with Gasteiger partial charge in [-0.1, -0.05) is 15.9 Å². The zero-order valence-electron chi connectivity index (χ0n) is 6.21. The first-order valence-electron chi connectivity index (χ1n) is 3.33. The number of nitrogens with zero attached hydrogens (tertiary/aromatic N) is 2. The SMILES string of the molecule is N#CCc1cc(Br)ccc1C#N. The van der Waals surface area contributed by atoms with Gasteiger partial charge >= 0.3 is 0 Å². The maximum Gasteiger partial charge on any atom is 0.0994 e. The highest BCUT2D eigenvalue weighted by Crippen LogP contribution is 2.16. The van der Waals surface area contributed by atoms with Gasteiger partial charge in [0, 0.05) is 4.47 Å². The van der Waals surface area contributed by atoms with E-state index in [0.717, 1.165) is 10.0 Å². The van der Waals surface area contributed by atoms with Crippen LogP contribution in [0.4, 0.5) is 0 Å². The summed E-state index contributed by atoms with van der Waals surface area (Å²) in [6, 6.07) is 9.34. The van der Waals surface area contributed by atoms with E-state index < -0.39 is 0 Å². The third-order valence-electron chi connectivity index (χ3n) is 1.46. The molecule has 0 aliphatic carbocycles. The zero-order chi connectivity index (χ0) is 8.97. The van der Waals surface area contributed by atoms with Gasteiger partial charge in [-0.25, -0.2) is 0 Å². The summed E-state index contributed by atoms with van der Waals surface area (Å²) in [6.45, 7) is 0. The molecule has 0 saturated carbocycles. The maximum absolute atomic E-state index is 8.66. The van der Waals surface area contributed by atoms with Crippen molar-refractivity contribution >= 4 is 15.9 Å². The van der Waals surface area contributed by atoms with Crippen LogP contribution < -0.4 is 0 Å². The highest BCUT2D eigenvalue weighted by molar-refractivity contribution is 9.10. The lowest BCUT2D eigenvalue weighted by Gasteiger charge is -1.98. The van der Waals surface area contributed by atoms with E-state index in [2.05, 4.69) is 15.9 Å². The monoisotopic (exact) mass is 220 g/mol. The Morgan fingerprint density at radius 2 is 2.08 bits per heavy atom. The van der Waals surface area contributed by atoms with Crippen LogP contribution in [-0.2, 0) is 6.42 Å². The molecular weight excluding hydrogens is 216 g/mol. The molecule has 0 aromatic heterocycles. The van der Waals surface area contributed by atoms with Crippen LogP contribution in [0.25, 0.3) is 0 Å². The second-order valence-corrected chi connectivity index (χ2v) is 3.16. The van der Waals surface area contributed by atoms with Crippen molar-refractivity contribution < 1.29 is 0 Å². The topological polar surface area (TPSA) is 47.6 Å². The number of hydrogen-bond acceptors (Lipinski definition) is 2. The van der Waals surface area contributed by atoms with Gasteiger partial charge in [-0.2, -0.15) is 10.5 Å². The summed E-state index contributed by atoms with van der Waals surface area (Å²) in [5, 5.41) is 17.1. The Morgan fingerprint density at radius 1 is 1.33 bits per heavy atom. The molecular formula is C9H5BrN2. The fourth-order valence-corrected chi connectivity index (χ4v) is 1.31. The van der Waals surface area contributed by atoms with Crippen LogP contribution in [0.1, 0.15) is 11.1 Å². The summed E-state index contributed by atoms with van der Waals surface area (Å²) >= 11 is 3.28. The fourth-order valence-electron chi connectivity index (χ4n) is 0.903. The van der Waals surface area contributed by atoms with Crippen LogP contribution in [0, 0.1) is 22.7 Å². The highest BCUT2D eigenvalue weighted by Gasteiger charge is 2.00. The number of nitriles is 2. The molecule has 58 valence electrons. The molecule has 1 rings (SSSR count). The van der Waals surface area contributed by atoms with E-state index >= 15 is 0 Å². The largest absolute Gasteiger partial charge is 0.198 e. The van der Waals surface area contributed by atoms with E-state index in [9.17, 15) is 0 Å². The van der Waals surface area contributed by atoms with Crippen molar-refractivity contribution in [3.63, 3.8) is 0 Å². The first-order chi connectivity index (χ1) is 5.77. The minimum Gasteiger partial charge on any atom is -0.198 e. The van der Waals surface area contributed by atoms with Gasteiger partial charge in [0.25, 0.3) is 0 Å². The molecule has 0 unspecified atom stereocenters. The number of halogens is 1. The first kappa shape index (κ1) is 8.77. The number of hydrogen-bond donors (Lipinski definition) is 0. The molecule has 0 spiro atoms. The summed E-state index contributed by atoms with van der Waals surface area (Å²) in [5.41, 5.74) is 1.34. The molecule has 0 N–H and O–H groups in total. The molecule has 0 fully saturated rings. The predicted octanol–water partition coefficient (Wildman–Crippen LogP) is 2.39. The van der Waals surface area contributed by atoms with Crippen molar-refractivity contribution in [3.05, 3.63) is 33.8 Å². The minimum absolute atomic E-state index is 0.280. The second kappa shape index (κ2) is 3.90. The van der Waals surface area contributed by atoms with Crippen LogP contribution >= 0.6 is 15.9 Å². The molecule has 0 atom stereocenters. The van der Waals surface area contributed by atoms with E-state index in [1.54, 1.807) is 18.2 Å². The Morgan fingerprint density at radius 3 is 2.67 bits per heavy atom. The average molecular weight is 221 g/mol. The van der Waals surface area contributed by atoms with Gasteiger partial charge < -0.3 is 0 Å². The molecule has 1 aromatic carbocycles. The van der Waals surface area contributed by atoms with Gasteiger partial charge in [-0.05, 0) is 23.8 Å². The standard InChI is InChI=1S/C9H5BrN2/c10-9-2-1-8(6-12)7(5-9)3-4-11/h1-2,5H,3H2. The lowest BCUT2D eigenvalue weighted by atomic mass is 10.1. The van der Waals surface area contributed by atoms with Crippen LogP contribution in [0.2, 0.25) is 0 Å². The molecule has 12 heavy (non-hydrogen) atoms. The van der Waals surface area contributed by atoms with Gasteiger partial charge in [0.2, 0.25) is 0 Å². The molecule has 0 radical (unpaired) electrons. The maximum atomic E-state index is 8.66. The van der Waals surface area contributed by atoms with Crippen molar-refractivity contribution in [2.75, 3.05) is 0 Å². The molecule has 0 heterocycles. The van der Waals surface area contributed by atoms with E-state index in [1.807, 2.05) is 12.1 Å². The quantitative estimate of drug-likeness (QED) is 0.730. The summed E-state index contributed by atoms with van der Waals surface area (Å²) in [7, 11) is 0. The smallest absolute Gasteiger partial charge is 0.0994 e. The van der Waals surface area contributed by atoms with Crippen LogP contribution in [0.3, 0.4) is 0 Å². The Bertz CT molecular complexity index is 371. The summed E-state index contributed by atoms with van der Waals surface area (Å²) in [4.78, 5) is 0. The van der Waals surface area contributed by atoms with Crippen LogP contribution in [0.15, 0.2) is 22.7 Å². The van der Waals surface area contributed by atoms with E-state index in [1.165, 1.54) is 0 Å². The molecule has 3 heteroatoms. The predicted molar refractivity (Wildman–Crippen MR) is 48.2 cm³/mol. The minimum atomic E-state index is 0.280. The van der Waals surface area contributed by atoms with Crippen molar-refractivity contribution in [1.29, 1.82) is 10.5 Å². The Labute approximate surface area is 79.2 Å². The highest BCUT2D eigenvalue weighted by atomic mass is 79.9. The van der Waals surface area contributed by atoms with Crippen LogP contribution in [-0.4, -0.2) is 0 Å². The number of benzene rings is 1. The van der Waals surface area contributed by atoms with Gasteiger partial charge in [0.15, 0.2) is 0 Å². The van der Waals surface area contributed by atoms with E-state index in [-0.39, 0.29) is 6.42 Å².